The molecular formula is C23H26N3O4. The maximum absolute atomic E-state index is 12.6. The van der Waals surface area contributed by atoms with E-state index >= 15 is 0 Å². The number of nitrogens with one attached hydrogen (secondary N) is 1. The largest absolute Gasteiger partial charge is 0.496 e. The van der Waals surface area contributed by atoms with Gasteiger partial charge in [-0.25, -0.2) is 0 Å². The molecule has 1 aliphatic heterocycles. The van der Waals surface area contributed by atoms with Crippen LogP contribution in [0.5, 0.6) is 23.0 Å². The van der Waals surface area contributed by atoms with Gasteiger partial charge >= 0.3 is 0 Å². The van der Waals surface area contributed by atoms with Gasteiger partial charge in [0.25, 0.3) is 0 Å². The summed E-state index contributed by atoms with van der Waals surface area (Å²) < 4.78 is 16.4. The van der Waals surface area contributed by atoms with Crippen molar-refractivity contribution < 1.29 is 19.3 Å². The number of piperidine rings is 1. The molecule has 4 rings (SSSR count). The van der Waals surface area contributed by atoms with E-state index in [-0.39, 0.29) is 11.8 Å². The highest BCUT2D eigenvalue weighted by molar-refractivity contribution is 5.94. The van der Waals surface area contributed by atoms with Crippen LogP contribution >= 0.6 is 0 Å². The van der Waals surface area contributed by atoms with Gasteiger partial charge in [-0.05, 0) is 31.0 Å². The van der Waals surface area contributed by atoms with Gasteiger partial charge in [0.1, 0.15) is 28.6 Å². The molecule has 2 heterocycles. The van der Waals surface area contributed by atoms with Gasteiger partial charge in [0.15, 0.2) is 0 Å². The van der Waals surface area contributed by atoms with Crippen molar-refractivity contribution in [1.82, 2.24) is 4.98 Å². The molecule has 3 aromatic rings. The Morgan fingerprint density at radius 2 is 1.70 bits per heavy atom. The number of fused-ring (bicyclic) bond motifs is 1. The van der Waals surface area contributed by atoms with E-state index in [1.165, 1.54) is 0 Å². The number of hydrogen-bond acceptors (Lipinski definition) is 6. The third-order valence-electron chi connectivity index (χ3n) is 5.59. The Hall–Kier alpha value is -3.35. The summed E-state index contributed by atoms with van der Waals surface area (Å²) in [7, 11) is 4.88. The predicted molar refractivity (Wildman–Crippen MR) is 117 cm³/mol. The predicted octanol–water partition coefficient (Wildman–Crippen LogP) is 4.49. The van der Waals surface area contributed by atoms with E-state index in [1.54, 1.807) is 33.6 Å². The molecule has 0 spiro atoms. The normalized spacial score (nSPS) is 14.6. The Kier molecular flexibility index (Phi) is 5.70. The first-order chi connectivity index (χ1) is 14.6. The molecule has 157 valence electrons. The smallest absolute Gasteiger partial charge is 0.204 e. The Bertz CT molecular complexity index is 1010. The summed E-state index contributed by atoms with van der Waals surface area (Å²) in [6, 6.07) is 11.3. The lowest BCUT2D eigenvalue weighted by molar-refractivity contribution is 0.354. The molecule has 1 radical (unpaired) electrons. The molecule has 0 bridgehead atoms. The molecule has 0 atom stereocenters. The topological polar surface area (TPSA) is 75.8 Å². The first kappa shape index (κ1) is 19.9. The van der Waals surface area contributed by atoms with E-state index in [1.807, 2.05) is 30.3 Å². The van der Waals surface area contributed by atoms with Gasteiger partial charge in [-0.15, -0.1) is 0 Å². The Balaban J connectivity index is 1.52. The zero-order valence-electron chi connectivity index (χ0n) is 17.5. The maximum atomic E-state index is 12.6. The number of benzene rings is 2. The fraction of sp³-hybridized carbons (Fsp3) is 0.348. The van der Waals surface area contributed by atoms with Crippen molar-refractivity contribution in [3.63, 3.8) is 0 Å². The van der Waals surface area contributed by atoms with Crippen molar-refractivity contribution in [2.24, 2.45) is 0 Å². The summed E-state index contributed by atoms with van der Waals surface area (Å²) in [5.74, 6) is 2.05. The fourth-order valence-electron chi connectivity index (χ4n) is 4.02. The summed E-state index contributed by atoms with van der Waals surface area (Å²) >= 11 is 0. The van der Waals surface area contributed by atoms with Gasteiger partial charge < -0.3 is 24.4 Å². The molecule has 0 unspecified atom stereocenters. The number of hydrogen-bond donors (Lipinski definition) is 1. The van der Waals surface area contributed by atoms with Crippen LogP contribution in [-0.2, 0) is 5.11 Å². The van der Waals surface area contributed by atoms with Gasteiger partial charge in [-0.1, -0.05) is 6.07 Å². The highest BCUT2D eigenvalue weighted by Crippen LogP contribution is 2.41. The molecular weight excluding hydrogens is 382 g/mol. The van der Waals surface area contributed by atoms with E-state index in [2.05, 4.69) is 15.2 Å². The van der Waals surface area contributed by atoms with Crippen molar-refractivity contribution in [2.45, 2.75) is 18.9 Å². The molecule has 1 aromatic heterocycles. The fourth-order valence-corrected chi connectivity index (χ4v) is 4.02. The van der Waals surface area contributed by atoms with Crippen molar-refractivity contribution in [3.8, 4) is 23.0 Å². The second kappa shape index (κ2) is 8.57. The molecule has 0 aliphatic carbocycles. The van der Waals surface area contributed by atoms with Crippen molar-refractivity contribution in [1.29, 1.82) is 0 Å². The van der Waals surface area contributed by atoms with Crippen LogP contribution < -0.4 is 24.4 Å². The van der Waals surface area contributed by atoms with Crippen LogP contribution in [0.15, 0.2) is 42.6 Å². The number of methoxy groups -OCH3 is 3. The monoisotopic (exact) mass is 408 g/mol. The summed E-state index contributed by atoms with van der Waals surface area (Å²) in [5, 5.41) is 17.1. The summed E-state index contributed by atoms with van der Waals surface area (Å²) in [5.41, 5.74) is 2.29. The third-order valence-corrected chi connectivity index (χ3v) is 5.59. The standard InChI is InChI=1S/C23H26N3O4/c1-28-17-13-19(29-2)22(20(14-17)30-3)25-16-8-11-26(12-9-16)23-18(27)7-6-15-5-4-10-24-21(15)23/h4-7,10,13-14,16,25H,8-9,11-12H2,1-3H3. The van der Waals surface area contributed by atoms with Crippen LogP contribution in [0, 0.1) is 0 Å². The lowest BCUT2D eigenvalue weighted by atomic mass is 10.0. The summed E-state index contributed by atoms with van der Waals surface area (Å²) in [4.78, 5) is 6.61. The van der Waals surface area contributed by atoms with Gasteiger partial charge in [-0.3, -0.25) is 10.1 Å². The molecule has 7 nitrogen and oxygen atoms in total. The molecule has 7 heteroatoms. The molecule has 2 aromatic carbocycles. The van der Waals surface area contributed by atoms with Crippen molar-refractivity contribution in [2.75, 3.05) is 44.6 Å². The van der Waals surface area contributed by atoms with Crippen LogP contribution in [0.4, 0.5) is 11.4 Å². The number of aromatic nitrogens is 1. The second-order valence-electron chi connectivity index (χ2n) is 7.30. The van der Waals surface area contributed by atoms with E-state index in [0.717, 1.165) is 42.5 Å². The molecule has 1 saturated heterocycles. The first-order valence-corrected chi connectivity index (χ1v) is 10.0. The van der Waals surface area contributed by atoms with Crippen LogP contribution in [-0.4, -0.2) is 45.4 Å². The van der Waals surface area contributed by atoms with Crippen LogP contribution in [0.25, 0.3) is 10.9 Å². The quantitative estimate of drug-likeness (QED) is 0.648. The number of rotatable bonds is 6. The van der Waals surface area contributed by atoms with Gasteiger partial charge in [0, 0.05) is 42.8 Å². The Labute approximate surface area is 176 Å². The molecule has 0 saturated carbocycles. The molecule has 30 heavy (non-hydrogen) atoms. The third kappa shape index (κ3) is 3.75. The lowest BCUT2D eigenvalue weighted by Gasteiger charge is -2.35. The van der Waals surface area contributed by atoms with Gasteiger partial charge in [-0.2, -0.15) is 0 Å². The Morgan fingerprint density at radius 1 is 1.00 bits per heavy atom. The van der Waals surface area contributed by atoms with Gasteiger partial charge in [0.05, 0.1) is 26.8 Å². The van der Waals surface area contributed by atoms with E-state index in [9.17, 15) is 5.11 Å². The minimum atomic E-state index is 0.0195. The SMILES string of the molecule is COc1cc(OC)c(NC2CCN(c3c([O])ccc4cccnc34)CC2)c(OC)c1. The van der Waals surface area contributed by atoms with Crippen LogP contribution in [0.2, 0.25) is 0 Å². The molecule has 1 aliphatic rings. The second-order valence-corrected chi connectivity index (χ2v) is 7.30. The van der Waals surface area contributed by atoms with Crippen LogP contribution in [0.1, 0.15) is 12.8 Å². The number of nitrogens with zero attached hydrogens (tertiary/aromatic N) is 2. The average molecular weight is 408 g/mol. The summed E-state index contributed by atoms with van der Waals surface area (Å²) in [6.07, 6.45) is 3.49. The first-order valence-electron chi connectivity index (χ1n) is 10.0. The number of anilines is 2. The zero-order valence-corrected chi connectivity index (χ0v) is 17.5. The maximum Gasteiger partial charge on any atom is 0.204 e. The van der Waals surface area contributed by atoms with E-state index in [4.69, 9.17) is 14.2 Å². The minimum Gasteiger partial charge on any atom is -0.496 e. The Morgan fingerprint density at radius 3 is 2.33 bits per heavy atom. The zero-order chi connectivity index (χ0) is 21.1. The average Bonchev–Trinajstić information content (AvgIpc) is 2.79. The van der Waals surface area contributed by atoms with E-state index < -0.39 is 0 Å². The lowest BCUT2D eigenvalue weighted by Crippen LogP contribution is -2.39. The highest BCUT2D eigenvalue weighted by atomic mass is 16.5. The molecule has 1 fully saturated rings. The number of pyridine rings is 1. The van der Waals surface area contributed by atoms with Crippen LogP contribution in [0.3, 0.4) is 0 Å². The summed E-state index contributed by atoms with van der Waals surface area (Å²) in [6.45, 7) is 1.53. The molecule has 0 amide bonds. The van der Waals surface area contributed by atoms with Gasteiger partial charge in [0.2, 0.25) is 5.75 Å². The highest BCUT2D eigenvalue weighted by Gasteiger charge is 2.25. The minimum absolute atomic E-state index is 0.0195. The van der Waals surface area contributed by atoms with E-state index in [0.29, 0.717) is 22.9 Å². The van der Waals surface area contributed by atoms with Crippen molar-refractivity contribution >= 4 is 22.3 Å². The number of ether oxygens (including phenoxy) is 3. The molecule has 1 N–H and O–H groups in total. The van der Waals surface area contributed by atoms with Crippen molar-refractivity contribution in [3.05, 3.63) is 42.6 Å².